The normalized spacial score (nSPS) is 12.1. The van der Waals surface area contributed by atoms with Gasteiger partial charge in [-0.25, -0.2) is 4.79 Å². The van der Waals surface area contributed by atoms with Crippen LogP contribution in [0.1, 0.15) is 15.9 Å². The van der Waals surface area contributed by atoms with Crippen LogP contribution in [0.5, 0.6) is 11.5 Å². The van der Waals surface area contributed by atoms with E-state index >= 15 is 0 Å². The number of hydrogen-bond acceptors (Lipinski definition) is 5. The Bertz CT molecular complexity index is 813. The number of amides is 1. The Labute approximate surface area is 158 Å². The van der Waals surface area contributed by atoms with Gasteiger partial charge in [-0.3, -0.25) is 9.78 Å². The molecule has 0 atom stereocenters. The SMILES string of the molecule is O=C(NCCOc1cccnc1)c1ccc2c(c1)CCO2.O=C(O)C(F)(F)F. The minimum absolute atomic E-state index is 0.0977. The number of alkyl halides is 3. The first-order valence-electron chi connectivity index (χ1n) is 8.14. The summed E-state index contributed by atoms with van der Waals surface area (Å²) < 4.78 is 42.6. The molecule has 1 amide bonds. The smallest absolute Gasteiger partial charge is 0.490 e. The van der Waals surface area contributed by atoms with Crippen molar-refractivity contribution in [2.75, 3.05) is 19.8 Å². The minimum atomic E-state index is -5.08. The summed E-state index contributed by atoms with van der Waals surface area (Å²) in [7, 11) is 0. The number of ether oxygens (including phenoxy) is 2. The number of pyridine rings is 1. The summed E-state index contributed by atoms with van der Waals surface area (Å²) in [4.78, 5) is 24.9. The summed E-state index contributed by atoms with van der Waals surface area (Å²) in [6.07, 6.45) is -0.894. The molecule has 2 N–H and O–H groups in total. The third kappa shape index (κ3) is 6.45. The summed E-state index contributed by atoms with van der Waals surface area (Å²) in [5.41, 5.74) is 1.75. The van der Waals surface area contributed by atoms with Crippen molar-refractivity contribution in [2.24, 2.45) is 0 Å². The van der Waals surface area contributed by atoms with Gasteiger partial charge in [0.15, 0.2) is 0 Å². The van der Waals surface area contributed by atoms with E-state index < -0.39 is 12.1 Å². The van der Waals surface area contributed by atoms with E-state index in [2.05, 4.69) is 10.3 Å². The van der Waals surface area contributed by atoms with E-state index in [-0.39, 0.29) is 5.91 Å². The molecule has 1 aliphatic rings. The zero-order chi connectivity index (χ0) is 20.6. The molecule has 0 aliphatic carbocycles. The molecule has 1 aromatic carbocycles. The van der Waals surface area contributed by atoms with Crippen LogP contribution in [0.2, 0.25) is 0 Å². The van der Waals surface area contributed by atoms with E-state index in [1.165, 1.54) is 0 Å². The van der Waals surface area contributed by atoms with Crippen LogP contribution in [0, 0.1) is 0 Å². The number of rotatable bonds is 5. The number of fused-ring (bicyclic) bond motifs is 1. The first kappa shape index (κ1) is 21.0. The Morgan fingerprint density at radius 2 is 2.04 bits per heavy atom. The maximum atomic E-state index is 12.0. The predicted octanol–water partition coefficient (Wildman–Crippen LogP) is 2.46. The van der Waals surface area contributed by atoms with Crippen LogP contribution in [-0.4, -0.2) is 47.9 Å². The lowest BCUT2D eigenvalue weighted by Crippen LogP contribution is -2.28. The van der Waals surface area contributed by atoms with Gasteiger partial charge >= 0.3 is 12.1 Å². The lowest BCUT2D eigenvalue weighted by Gasteiger charge is -2.08. The maximum absolute atomic E-state index is 12.0. The van der Waals surface area contributed by atoms with Crippen molar-refractivity contribution in [3.05, 3.63) is 53.9 Å². The van der Waals surface area contributed by atoms with Gasteiger partial charge in [-0.2, -0.15) is 13.2 Å². The number of benzene rings is 1. The number of carbonyl (C=O) groups is 2. The third-order valence-electron chi connectivity index (χ3n) is 3.48. The topological polar surface area (TPSA) is 97.8 Å². The Morgan fingerprint density at radius 3 is 2.68 bits per heavy atom. The second kappa shape index (κ2) is 9.58. The highest BCUT2D eigenvalue weighted by Crippen LogP contribution is 2.25. The van der Waals surface area contributed by atoms with E-state index in [4.69, 9.17) is 19.4 Å². The first-order valence-corrected chi connectivity index (χ1v) is 8.14. The molecule has 0 fully saturated rings. The molecule has 150 valence electrons. The fourth-order valence-electron chi connectivity index (χ4n) is 2.20. The summed E-state index contributed by atoms with van der Waals surface area (Å²) >= 11 is 0. The van der Waals surface area contributed by atoms with Gasteiger partial charge in [0.05, 0.1) is 19.3 Å². The number of carbonyl (C=O) groups excluding carboxylic acids is 1. The van der Waals surface area contributed by atoms with Crippen LogP contribution >= 0.6 is 0 Å². The monoisotopic (exact) mass is 398 g/mol. The molecule has 0 unspecified atom stereocenters. The molecule has 3 rings (SSSR count). The zero-order valence-electron chi connectivity index (χ0n) is 14.5. The molecule has 2 aromatic rings. The zero-order valence-corrected chi connectivity index (χ0v) is 14.5. The molecule has 0 saturated carbocycles. The average molecular weight is 398 g/mol. The van der Waals surface area contributed by atoms with Crippen molar-refractivity contribution in [2.45, 2.75) is 12.6 Å². The first-order chi connectivity index (χ1) is 13.3. The lowest BCUT2D eigenvalue weighted by atomic mass is 10.1. The molecular weight excluding hydrogens is 381 g/mol. The van der Waals surface area contributed by atoms with E-state index in [1.807, 2.05) is 18.2 Å². The van der Waals surface area contributed by atoms with E-state index in [0.29, 0.717) is 31.1 Å². The van der Waals surface area contributed by atoms with Gasteiger partial charge in [-0.1, -0.05) is 0 Å². The van der Waals surface area contributed by atoms with Crippen LogP contribution in [0.15, 0.2) is 42.7 Å². The maximum Gasteiger partial charge on any atom is 0.490 e. The molecule has 28 heavy (non-hydrogen) atoms. The fraction of sp³-hybridized carbons (Fsp3) is 0.278. The summed E-state index contributed by atoms with van der Waals surface area (Å²) in [6.45, 7) is 1.55. The largest absolute Gasteiger partial charge is 0.493 e. The van der Waals surface area contributed by atoms with Crippen LogP contribution in [0.3, 0.4) is 0 Å². The molecule has 0 spiro atoms. The lowest BCUT2D eigenvalue weighted by molar-refractivity contribution is -0.192. The van der Waals surface area contributed by atoms with Gasteiger partial charge in [-0.15, -0.1) is 0 Å². The number of nitrogens with one attached hydrogen (secondary N) is 1. The van der Waals surface area contributed by atoms with Crippen LogP contribution in [0.4, 0.5) is 13.2 Å². The van der Waals surface area contributed by atoms with E-state index in [9.17, 15) is 18.0 Å². The summed E-state index contributed by atoms with van der Waals surface area (Å²) in [5, 5.41) is 9.96. The van der Waals surface area contributed by atoms with Crippen LogP contribution in [-0.2, 0) is 11.2 Å². The van der Waals surface area contributed by atoms with Gasteiger partial charge < -0.3 is 19.9 Å². The van der Waals surface area contributed by atoms with E-state index in [0.717, 1.165) is 17.7 Å². The number of carboxylic acid groups (broad SMARTS) is 1. The second-order valence-electron chi connectivity index (χ2n) is 5.52. The van der Waals surface area contributed by atoms with Gasteiger partial charge in [0, 0.05) is 18.2 Å². The number of nitrogens with zero attached hydrogens (tertiary/aromatic N) is 1. The van der Waals surface area contributed by atoms with Crippen molar-refractivity contribution >= 4 is 11.9 Å². The number of aromatic nitrogens is 1. The number of hydrogen-bond donors (Lipinski definition) is 2. The molecule has 1 aliphatic heterocycles. The Hall–Kier alpha value is -3.30. The molecule has 7 nitrogen and oxygen atoms in total. The highest BCUT2D eigenvalue weighted by Gasteiger charge is 2.38. The highest BCUT2D eigenvalue weighted by atomic mass is 19.4. The van der Waals surface area contributed by atoms with Gasteiger partial charge in [0.25, 0.3) is 5.91 Å². The molecule has 0 bridgehead atoms. The molecule has 1 aromatic heterocycles. The van der Waals surface area contributed by atoms with Crippen molar-refractivity contribution < 1.29 is 37.3 Å². The van der Waals surface area contributed by atoms with Crippen molar-refractivity contribution in [1.29, 1.82) is 0 Å². The van der Waals surface area contributed by atoms with Crippen molar-refractivity contribution in [3.63, 3.8) is 0 Å². The Kier molecular flexibility index (Phi) is 7.19. The molecule has 2 heterocycles. The van der Waals surface area contributed by atoms with Gasteiger partial charge in [0.2, 0.25) is 0 Å². The highest BCUT2D eigenvalue weighted by molar-refractivity contribution is 5.94. The Morgan fingerprint density at radius 1 is 1.29 bits per heavy atom. The standard InChI is InChI=1S/C16H16N2O3.C2HF3O2/c19-16(13-3-4-15-12(10-13)5-8-21-15)18-7-9-20-14-2-1-6-17-11-14;3-2(4,5)1(6)7/h1-4,6,10-11H,5,7-9H2,(H,18,19);(H,6,7). The molecule has 10 heteroatoms. The average Bonchev–Trinajstić information content (AvgIpc) is 3.13. The second-order valence-corrected chi connectivity index (χ2v) is 5.52. The van der Waals surface area contributed by atoms with Gasteiger partial charge in [-0.05, 0) is 35.9 Å². The van der Waals surface area contributed by atoms with Gasteiger partial charge in [0.1, 0.15) is 18.1 Å². The minimum Gasteiger partial charge on any atom is -0.493 e. The van der Waals surface area contributed by atoms with Crippen molar-refractivity contribution in [1.82, 2.24) is 10.3 Å². The number of halogens is 3. The molecular formula is C18H17F3N2O5. The summed E-state index contributed by atoms with van der Waals surface area (Å²) in [5.74, 6) is -1.28. The van der Waals surface area contributed by atoms with Crippen LogP contribution < -0.4 is 14.8 Å². The number of carboxylic acids is 1. The predicted molar refractivity (Wildman–Crippen MR) is 91.4 cm³/mol. The fourth-order valence-corrected chi connectivity index (χ4v) is 2.20. The quantitative estimate of drug-likeness (QED) is 0.751. The number of aliphatic carboxylic acids is 1. The molecule has 0 radical (unpaired) electrons. The third-order valence-corrected chi connectivity index (χ3v) is 3.48. The van der Waals surface area contributed by atoms with E-state index in [1.54, 1.807) is 24.5 Å². The van der Waals surface area contributed by atoms with Crippen LogP contribution in [0.25, 0.3) is 0 Å². The summed E-state index contributed by atoms with van der Waals surface area (Å²) in [6, 6.07) is 9.15. The van der Waals surface area contributed by atoms with Crippen molar-refractivity contribution in [3.8, 4) is 11.5 Å². The molecule has 0 saturated heterocycles. The Balaban J connectivity index is 0.000000345.